The van der Waals surface area contributed by atoms with Gasteiger partial charge in [0, 0.05) is 16.6 Å². The van der Waals surface area contributed by atoms with Gasteiger partial charge in [0.1, 0.15) is 0 Å². The normalized spacial score (nSPS) is 10.6. The van der Waals surface area contributed by atoms with Gasteiger partial charge in [-0.1, -0.05) is 18.2 Å². The number of hydrogen-bond acceptors (Lipinski definition) is 3. The van der Waals surface area contributed by atoms with E-state index in [1.165, 1.54) is 6.07 Å². The highest BCUT2D eigenvalue weighted by molar-refractivity contribution is 6.06. The molecule has 0 aliphatic rings. The van der Waals surface area contributed by atoms with Gasteiger partial charge in [-0.05, 0) is 56.2 Å². The first-order valence-corrected chi connectivity index (χ1v) is 8.79. The topological polar surface area (TPSA) is 51.2 Å². The molecule has 138 valence electrons. The fourth-order valence-electron chi connectivity index (χ4n) is 2.69. The van der Waals surface area contributed by atoms with Crippen LogP contribution in [0.2, 0.25) is 0 Å². The van der Waals surface area contributed by atoms with Crippen molar-refractivity contribution in [3.05, 3.63) is 78.3 Å². The van der Waals surface area contributed by atoms with E-state index in [1.807, 2.05) is 19.1 Å². The van der Waals surface area contributed by atoms with Gasteiger partial charge in [0.2, 0.25) is 0 Å². The van der Waals surface area contributed by atoms with Gasteiger partial charge in [-0.25, -0.2) is 4.39 Å². The van der Waals surface area contributed by atoms with Crippen molar-refractivity contribution in [3.63, 3.8) is 0 Å². The Balaban J connectivity index is 1.75. The minimum Gasteiger partial charge on any atom is -0.490 e. The monoisotopic (exact) mass is 364 g/mol. The number of allylic oxidation sites excluding steroid dienone is 1. The molecule has 0 radical (unpaired) electrons. The van der Waals surface area contributed by atoms with Crippen LogP contribution in [0, 0.1) is 12.7 Å². The fourth-order valence-corrected chi connectivity index (χ4v) is 2.69. The zero-order valence-electron chi connectivity index (χ0n) is 15.2. The number of amides is 1. The first kappa shape index (κ1) is 18.6. The Bertz CT molecular complexity index is 985. The molecule has 0 aliphatic heterocycles. The van der Waals surface area contributed by atoms with Gasteiger partial charge in [0.15, 0.2) is 11.6 Å². The zero-order chi connectivity index (χ0) is 19.2. The van der Waals surface area contributed by atoms with Crippen LogP contribution in [0.5, 0.6) is 5.75 Å². The molecule has 3 rings (SSSR count). The number of nitrogens with zero attached hydrogens (tertiary/aromatic N) is 1. The number of nitrogens with one attached hydrogen (secondary N) is 1. The smallest absolute Gasteiger partial charge is 0.255 e. The van der Waals surface area contributed by atoms with E-state index < -0.39 is 5.82 Å². The number of fused-ring (bicyclic) bond motifs is 1. The maximum Gasteiger partial charge on any atom is 0.255 e. The van der Waals surface area contributed by atoms with Crippen LogP contribution in [0.15, 0.2) is 61.2 Å². The highest BCUT2D eigenvalue weighted by Gasteiger charge is 2.13. The summed E-state index contributed by atoms with van der Waals surface area (Å²) < 4.78 is 20.0. The van der Waals surface area contributed by atoms with Gasteiger partial charge < -0.3 is 10.1 Å². The molecule has 1 aromatic heterocycles. The lowest BCUT2D eigenvalue weighted by molar-refractivity contribution is 0.102. The Kier molecular flexibility index (Phi) is 5.81. The average Bonchev–Trinajstić information content (AvgIpc) is 2.67. The molecule has 0 fully saturated rings. The van der Waals surface area contributed by atoms with E-state index in [0.717, 1.165) is 29.4 Å². The maximum absolute atomic E-state index is 14.6. The summed E-state index contributed by atoms with van der Waals surface area (Å²) in [6, 6.07) is 13.7. The van der Waals surface area contributed by atoms with Crippen molar-refractivity contribution < 1.29 is 13.9 Å². The van der Waals surface area contributed by atoms with E-state index in [1.54, 1.807) is 36.4 Å². The van der Waals surface area contributed by atoms with E-state index in [4.69, 9.17) is 4.74 Å². The Morgan fingerprint density at radius 2 is 2.11 bits per heavy atom. The number of hydrogen-bond donors (Lipinski definition) is 1. The molecule has 0 atom stereocenters. The number of aromatic nitrogens is 1. The van der Waals surface area contributed by atoms with E-state index in [0.29, 0.717) is 12.2 Å². The molecule has 1 N–H and O–H groups in total. The van der Waals surface area contributed by atoms with Gasteiger partial charge in [0.05, 0.1) is 17.8 Å². The van der Waals surface area contributed by atoms with E-state index in [9.17, 15) is 9.18 Å². The lowest BCUT2D eigenvalue weighted by Gasteiger charge is -2.11. The summed E-state index contributed by atoms with van der Waals surface area (Å²) in [7, 11) is 0. The number of unbranched alkanes of at least 4 members (excludes halogenated alkanes) is 1. The molecule has 3 aromatic rings. The van der Waals surface area contributed by atoms with Crippen molar-refractivity contribution in [3.8, 4) is 5.75 Å². The van der Waals surface area contributed by atoms with Crippen LogP contribution in [-0.4, -0.2) is 17.5 Å². The van der Waals surface area contributed by atoms with Crippen LogP contribution < -0.4 is 10.1 Å². The Hall–Kier alpha value is -3.21. The molecule has 2 aromatic carbocycles. The Labute approximate surface area is 157 Å². The summed E-state index contributed by atoms with van der Waals surface area (Å²) in [4.78, 5) is 17.0. The number of carbonyl (C=O) groups excluding carboxylic acids is 1. The maximum atomic E-state index is 14.6. The molecule has 0 saturated carbocycles. The quantitative estimate of drug-likeness (QED) is 0.458. The van der Waals surface area contributed by atoms with E-state index in [2.05, 4.69) is 16.9 Å². The Morgan fingerprint density at radius 1 is 1.26 bits per heavy atom. The first-order chi connectivity index (χ1) is 13.1. The molecule has 0 bridgehead atoms. The summed E-state index contributed by atoms with van der Waals surface area (Å²) in [6.45, 7) is 5.94. The molecular weight excluding hydrogens is 343 g/mol. The van der Waals surface area contributed by atoms with E-state index in [-0.39, 0.29) is 17.3 Å². The summed E-state index contributed by atoms with van der Waals surface area (Å²) in [5.41, 5.74) is 2.24. The first-order valence-electron chi connectivity index (χ1n) is 8.79. The summed E-state index contributed by atoms with van der Waals surface area (Å²) in [6.07, 6.45) is 3.34. The van der Waals surface area contributed by atoms with Gasteiger partial charge in [-0.3, -0.25) is 9.78 Å². The van der Waals surface area contributed by atoms with Crippen LogP contribution in [0.3, 0.4) is 0 Å². The van der Waals surface area contributed by atoms with Crippen molar-refractivity contribution in [2.75, 3.05) is 11.9 Å². The van der Waals surface area contributed by atoms with Crippen molar-refractivity contribution in [2.24, 2.45) is 0 Å². The third kappa shape index (κ3) is 4.50. The van der Waals surface area contributed by atoms with Crippen molar-refractivity contribution in [1.29, 1.82) is 0 Å². The van der Waals surface area contributed by atoms with Crippen LogP contribution in [0.1, 0.15) is 28.9 Å². The second kappa shape index (κ2) is 8.45. The lowest BCUT2D eigenvalue weighted by Crippen LogP contribution is -2.13. The van der Waals surface area contributed by atoms with Gasteiger partial charge in [-0.15, -0.1) is 6.58 Å². The second-order valence-electron chi connectivity index (χ2n) is 6.21. The highest BCUT2D eigenvalue weighted by Crippen LogP contribution is 2.25. The van der Waals surface area contributed by atoms with Crippen molar-refractivity contribution >= 4 is 22.5 Å². The molecule has 27 heavy (non-hydrogen) atoms. The zero-order valence-corrected chi connectivity index (χ0v) is 15.2. The molecular formula is C22H21FN2O2. The fraction of sp³-hybridized carbons (Fsp3) is 0.182. The molecule has 0 spiro atoms. The minimum absolute atomic E-state index is 0.0864. The number of halogens is 1. The Morgan fingerprint density at radius 3 is 2.93 bits per heavy atom. The van der Waals surface area contributed by atoms with E-state index >= 15 is 0 Å². The number of ether oxygens (including phenoxy) is 1. The SMILES string of the molecule is C=CCCCOc1cccc(NC(=O)c2ccc3nc(C)ccc3c2)c1F. The number of rotatable bonds is 7. The van der Waals surface area contributed by atoms with Gasteiger partial charge in [-0.2, -0.15) is 0 Å². The summed E-state index contributed by atoms with van der Waals surface area (Å²) in [5.74, 6) is -0.849. The molecule has 5 heteroatoms. The third-order valence-electron chi connectivity index (χ3n) is 4.11. The lowest BCUT2D eigenvalue weighted by atomic mass is 10.1. The average molecular weight is 364 g/mol. The third-order valence-corrected chi connectivity index (χ3v) is 4.11. The highest BCUT2D eigenvalue weighted by atomic mass is 19.1. The number of pyridine rings is 1. The number of anilines is 1. The van der Waals surface area contributed by atoms with Crippen LogP contribution in [0.4, 0.5) is 10.1 Å². The standard InChI is InChI=1S/C22H21FN2O2/c1-3-4-5-13-27-20-8-6-7-19(21(20)23)25-22(26)17-11-12-18-16(14-17)10-9-15(2)24-18/h3,6-12,14H,1,4-5,13H2,2H3,(H,25,26). The van der Waals surface area contributed by atoms with Gasteiger partial charge in [0.25, 0.3) is 5.91 Å². The predicted octanol–water partition coefficient (Wildman–Crippen LogP) is 5.28. The molecule has 0 saturated heterocycles. The van der Waals surface area contributed by atoms with Crippen LogP contribution in [-0.2, 0) is 0 Å². The molecule has 1 amide bonds. The predicted molar refractivity (Wildman–Crippen MR) is 106 cm³/mol. The molecule has 1 heterocycles. The summed E-state index contributed by atoms with van der Waals surface area (Å²) in [5, 5.41) is 3.47. The molecule has 4 nitrogen and oxygen atoms in total. The summed E-state index contributed by atoms with van der Waals surface area (Å²) >= 11 is 0. The number of aryl methyl sites for hydroxylation is 1. The number of benzene rings is 2. The van der Waals surface area contributed by atoms with Crippen molar-refractivity contribution in [2.45, 2.75) is 19.8 Å². The van der Waals surface area contributed by atoms with Crippen LogP contribution in [0.25, 0.3) is 10.9 Å². The minimum atomic E-state index is -0.581. The molecule has 0 unspecified atom stereocenters. The van der Waals surface area contributed by atoms with Crippen LogP contribution >= 0.6 is 0 Å². The van der Waals surface area contributed by atoms with Gasteiger partial charge >= 0.3 is 0 Å². The second-order valence-corrected chi connectivity index (χ2v) is 6.21. The largest absolute Gasteiger partial charge is 0.490 e. The van der Waals surface area contributed by atoms with Crippen molar-refractivity contribution in [1.82, 2.24) is 4.98 Å². The number of carbonyl (C=O) groups is 1. The molecule has 0 aliphatic carbocycles.